The van der Waals surface area contributed by atoms with Crippen LogP contribution in [0.15, 0.2) is 23.6 Å². The van der Waals surface area contributed by atoms with Gasteiger partial charge in [-0.15, -0.1) is 11.3 Å². The number of ether oxygens (including phenoxy) is 1. The van der Waals surface area contributed by atoms with Crippen LogP contribution in [-0.2, 0) is 11.3 Å². The molecule has 3 rings (SSSR count). The van der Waals surface area contributed by atoms with Gasteiger partial charge < -0.3 is 9.64 Å². The van der Waals surface area contributed by atoms with Gasteiger partial charge in [-0.25, -0.2) is 9.78 Å². The first-order valence-electron chi connectivity index (χ1n) is 7.99. The van der Waals surface area contributed by atoms with Crippen molar-refractivity contribution in [2.45, 2.75) is 32.4 Å². The zero-order valence-corrected chi connectivity index (χ0v) is 15.1. The van der Waals surface area contributed by atoms with Gasteiger partial charge in [-0.05, 0) is 25.8 Å². The molecular weight excluding hydrogens is 358 g/mol. The van der Waals surface area contributed by atoms with Gasteiger partial charge >= 0.3 is 5.97 Å². The summed E-state index contributed by atoms with van der Waals surface area (Å²) in [5, 5.41) is 13.3. The largest absolute Gasteiger partial charge is 0.464 e. The number of carbonyl (C=O) groups excluding carboxylic acids is 2. The SMILES string of the molecule is COC(=O)c1csc(CN(C(=O)c2ccc(C)c([N+](=O)[O-])c2)C2CC2)n1. The molecule has 1 fully saturated rings. The predicted octanol–water partition coefficient (Wildman–Crippen LogP) is 2.95. The van der Waals surface area contributed by atoms with Gasteiger partial charge in [0.15, 0.2) is 5.69 Å². The van der Waals surface area contributed by atoms with E-state index in [1.807, 2.05) is 0 Å². The number of benzene rings is 1. The van der Waals surface area contributed by atoms with Crippen molar-refractivity contribution in [1.29, 1.82) is 0 Å². The number of aromatic nitrogens is 1. The van der Waals surface area contributed by atoms with Crippen LogP contribution >= 0.6 is 11.3 Å². The number of thiazole rings is 1. The number of esters is 1. The number of hydrogen-bond donors (Lipinski definition) is 0. The Morgan fingerprint density at radius 1 is 1.42 bits per heavy atom. The van der Waals surface area contributed by atoms with Crippen LogP contribution in [0.5, 0.6) is 0 Å². The number of methoxy groups -OCH3 is 1. The zero-order valence-electron chi connectivity index (χ0n) is 14.3. The van der Waals surface area contributed by atoms with E-state index >= 15 is 0 Å². The van der Waals surface area contributed by atoms with E-state index in [0.717, 1.165) is 12.8 Å². The first kappa shape index (κ1) is 18.0. The predicted molar refractivity (Wildman–Crippen MR) is 94.2 cm³/mol. The fourth-order valence-corrected chi connectivity index (χ4v) is 3.35. The second-order valence-electron chi connectivity index (χ2n) is 6.04. The third-order valence-corrected chi connectivity index (χ3v) is 4.99. The molecule has 2 aromatic rings. The number of nitrogens with zero attached hydrogens (tertiary/aromatic N) is 3. The monoisotopic (exact) mass is 375 g/mol. The lowest BCUT2D eigenvalue weighted by Gasteiger charge is -2.21. The van der Waals surface area contributed by atoms with Crippen LogP contribution in [0.2, 0.25) is 0 Å². The molecule has 8 nitrogen and oxygen atoms in total. The van der Waals surface area contributed by atoms with E-state index in [-0.39, 0.29) is 35.4 Å². The van der Waals surface area contributed by atoms with Crippen LogP contribution in [0, 0.1) is 17.0 Å². The van der Waals surface area contributed by atoms with Crippen LogP contribution in [0.4, 0.5) is 5.69 Å². The summed E-state index contributed by atoms with van der Waals surface area (Å²) >= 11 is 1.28. The highest BCUT2D eigenvalue weighted by atomic mass is 32.1. The molecule has 1 aromatic carbocycles. The smallest absolute Gasteiger partial charge is 0.357 e. The van der Waals surface area contributed by atoms with E-state index < -0.39 is 10.9 Å². The number of nitro groups is 1. The number of hydrogen-bond acceptors (Lipinski definition) is 7. The minimum absolute atomic E-state index is 0.0752. The normalized spacial score (nSPS) is 13.3. The second-order valence-corrected chi connectivity index (χ2v) is 6.98. The standard InChI is InChI=1S/C17H17N3O5S/c1-10-3-4-11(7-14(10)20(23)24)16(21)19(12-5-6-12)8-15-18-13(9-26-15)17(22)25-2/h3-4,7,9,12H,5-6,8H2,1-2H3. The number of rotatable bonds is 6. The van der Waals surface area contributed by atoms with E-state index in [1.54, 1.807) is 29.3 Å². The molecule has 1 amide bonds. The van der Waals surface area contributed by atoms with Gasteiger partial charge in [-0.2, -0.15) is 0 Å². The molecule has 1 saturated carbocycles. The molecule has 0 N–H and O–H groups in total. The van der Waals surface area contributed by atoms with Crippen molar-refractivity contribution in [3.63, 3.8) is 0 Å². The number of carbonyl (C=O) groups is 2. The number of aryl methyl sites for hydroxylation is 1. The van der Waals surface area contributed by atoms with Crippen LogP contribution in [0.3, 0.4) is 0 Å². The summed E-state index contributed by atoms with van der Waals surface area (Å²) in [6, 6.07) is 4.58. The molecule has 1 aliphatic rings. The average molecular weight is 375 g/mol. The van der Waals surface area contributed by atoms with Crippen molar-refractivity contribution in [3.8, 4) is 0 Å². The number of amides is 1. The molecule has 0 atom stereocenters. The maximum Gasteiger partial charge on any atom is 0.357 e. The Kier molecular flexibility index (Phi) is 4.99. The third-order valence-electron chi connectivity index (χ3n) is 4.15. The molecule has 0 unspecified atom stereocenters. The van der Waals surface area contributed by atoms with Gasteiger partial charge in [0.1, 0.15) is 5.01 Å². The second kappa shape index (κ2) is 7.20. The van der Waals surface area contributed by atoms with Crippen molar-refractivity contribution >= 4 is 28.9 Å². The van der Waals surface area contributed by atoms with Crippen molar-refractivity contribution < 1.29 is 19.2 Å². The molecule has 9 heteroatoms. The Hall–Kier alpha value is -2.81. The topological polar surface area (TPSA) is 103 Å². The minimum Gasteiger partial charge on any atom is -0.464 e. The highest BCUT2D eigenvalue weighted by Gasteiger charge is 2.34. The molecule has 26 heavy (non-hydrogen) atoms. The summed E-state index contributed by atoms with van der Waals surface area (Å²) in [4.78, 5) is 40.9. The average Bonchev–Trinajstić information content (AvgIpc) is 3.36. The highest BCUT2D eigenvalue weighted by molar-refractivity contribution is 7.09. The van der Waals surface area contributed by atoms with E-state index in [4.69, 9.17) is 0 Å². The van der Waals surface area contributed by atoms with Crippen molar-refractivity contribution in [2.75, 3.05) is 7.11 Å². The quantitative estimate of drug-likeness (QED) is 0.437. The maximum absolute atomic E-state index is 12.9. The minimum atomic E-state index is -0.522. The summed E-state index contributed by atoms with van der Waals surface area (Å²) in [7, 11) is 1.28. The molecule has 0 bridgehead atoms. The van der Waals surface area contributed by atoms with Crippen LogP contribution in [-0.4, -0.2) is 39.8 Å². The summed E-state index contributed by atoms with van der Waals surface area (Å²) < 4.78 is 4.64. The molecule has 0 radical (unpaired) electrons. The Balaban J connectivity index is 1.83. The maximum atomic E-state index is 12.9. The third kappa shape index (κ3) is 3.72. The fraction of sp³-hybridized carbons (Fsp3) is 0.353. The lowest BCUT2D eigenvalue weighted by molar-refractivity contribution is -0.385. The molecule has 1 aromatic heterocycles. The van der Waals surface area contributed by atoms with Crippen LogP contribution in [0.1, 0.15) is 44.3 Å². The van der Waals surface area contributed by atoms with Crippen LogP contribution in [0.25, 0.3) is 0 Å². The van der Waals surface area contributed by atoms with E-state index in [2.05, 4.69) is 9.72 Å². The Labute approximate surface area is 153 Å². The van der Waals surface area contributed by atoms with E-state index in [9.17, 15) is 19.7 Å². The first-order valence-corrected chi connectivity index (χ1v) is 8.87. The Morgan fingerprint density at radius 3 is 2.77 bits per heavy atom. The lowest BCUT2D eigenvalue weighted by Crippen LogP contribution is -2.32. The number of nitro benzene ring substituents is 1. The summed E-state index contributed by atoms with van der Waals surface area (Å²) in [6.45, 7) is 1.89. The highest BCUT2D eigenvalue weighted by Crippen LogP contribution is 2.31. The molecule has 136 valence electrons. The van der Waals surface area contributed by atoms with Crippen molar-refractivity contribution in [1.82, 2.24) is 9.88 Å². The van der Waals surface area contributed by atoms with Gasteiger partial charge in [0.05, 0.1) is 18.6 Å². The molecule has 0 aliphatic heterocycles. The Morgan fingerprint density at radius 2 is 2.15 bits per heavy atom. The fourth-order valence-electron chi connectivity index (χ4n) is 2.59. The molecule has 0 saturated heterocycles. The van der Waals surface area contributed by atoms with Gasteiger partial charge in [0.2, 0.25) is 0 Å². The van der Waals surface area contributed by atoms with Gasteiger partial charge in [0, 0.05) is 28.6 Å². The zero-order chi connectivity index (χ0) is 18.8. The van der Waals surface area contributed by atoms with E-state index in [1.165, 1.54) is 24.5 Å². The van der Waals surface area contributed by atoms with Crippen molar-refractivity contribution in [3.05, 3.63) is 55.5 Å². The van der Waals surface area contributed by atoms with Gasteiger partial charge in [-0.1, -0.05) is 6.07 Å². The van der Waals surface area contributed by atoms with Crippen molar-refractivity contribution in [2.24, 2.45) is 0 Å². The molecule has 0 spiro atoms. The summed E-state index contributed by atoms with van der Waals surface area (Å²) in [5.74, 6) is -0.795. The molecular formula is C17H17N3O5S. The van der Waals surface area contributed by atoms with Gasteiger partial charge in [-0.3, -0.25) is 14.9 Å². The Bertz CT molecular complexity index is 875. The summed E-state index contributed by atoms with van der Waals surface area (Å²) in [5.41, 5.74) is 0.918. The van der Waals surface area contributed by atoms with E-state index in [0.29, 0.717) is 10.6 Å². The summed E-state index contributed by atoms with van der Waals surface area (Å²) in [6.07, 6.45) is 1.77. The lowest BCUT2D eigenvalue weighted by atomic mass is 10.1. The molecule has 1 heterocycles. The van der Waals surface area contributed by atoms with Gasteiger partial charge in [0.25, 0.3) is 11.6 Å². The molecule has 1 aliphatic carbocycles. The van der Waals surface area contributed by atoms with Crippen LogP contribution < -0.4 is 0 Å². The first-order chi connectivity index (χ1) is 12.4.